The number of hydrogen-bond acceptors (Lipinski definition) is 2. The Bertz CT molecular complexity index is 335. The molecule has 2 rings (SSSR count). The minimum Gasteiger partial charge on any atom is -0.396 e. The van der Waals surface area contributed by atoms with Crippen molar-refractivity contribution >= 4 is 11.6 Å². The van der Waals surface area contributed by atoms with E-state index in [0.717, 1.165) is 11.3 Å². The number of aliphatic hydroxyl groups is 1. The fourth-order valence-electron chi connectivity index (χ4n) is 1.66. The summed E-state index contributed by atoms with van der Waals surface area (Å²) in [5, 5.41) is 11.8. The Morgan fingerprint density at radius 1 is 1.46 bits per heavy atom. The van der Waals surface area contributed by atoms with Gasteiger partial charge >= 0.3 is 0 Å². The van der Waals surface area contributed by atoms with Gasteiger partial charge in [-0.2, -0.15) is 0 Å². The first-order valence-electron chi connectivity index (χ1n) is 4.31. The summed E-state index contributed by atoms with van der Waals surface area (Å²) in [7, 11) is 0. The Morgan fingerprint density at radius 3 is 3.00 bits per heavy atom. The van der Waals surface area contributed by atoms with Crippen LogP contribution in [-0.2, 0) is 4.79 Å². The molecule has 0 radical (unpaired) electrons. The summed E-state index contributed by atoms with van der Waals surface area (Å²) < 4.78 is 0. The first-order valence-corrected chi connectivity index (χ1v) is 4.31. The van der Waals surface area contributed by atoms with Crippen LogP contribution in [0.15, 0.2) is 24.3 Å². The van der Waals surface area contributed by atoms with Gasteiger partial charge in [0, 0.05) is 18.0 Å². The number of aliphatic hydroxyl groups excluding tert-OH is 1. The predicted octanol–water partition coefficient (Wildman–Crippen LogP) is 1.10. The maximum Gasteiger partial charge on any atom is 0.225 e. The highest BCUT2D eigenvalue weighted by Gasteiger charge is 2.23. The van der Waals surface area contributed by atoms with Gasteiger partial charge in [-0.15, -0.1) is 0 Å². The molecule has 1 amide bonds. The Hall–Kier alpha value is -1.35. The molecule has 13 heavy (non-hydrogen) atoms. The lowest BCUT2D eigenvalue weighted by atomic mass is 9.91. The molecule has 0 unspecified atom stereocenters. The van der Waals surface area contributed by atoms with E-state index in [2.05, 4.69) is 5.32 Å². The molecule has 2 N–H and O–H groups in total. The fraction of sp³-hybridized carbons (Fsp3) is 0.300. The molecule has 3 heteroatoms. The van der Waals surface area contributed by atoms with Crippen LogP contribution in [-0.4, -0.2) is 17.6 Å². The average Bonchev–Trinajstić information content (AvgIpc) is 2.16. The summed E-state index contributed by atoms with van der Waals surface area (Å²) in [5.74, 6) is -0.0531. The van der Waals surface area contributed by atoms with Crippen LogP contribution in [0.25, 0.3) is 0 Å². The number of fused-ring (bicyclic) bond motifs is 1. The summed E-state index contributed by atoms with van der Waals surface area (Å²) in [6.45, 7) is 0.0322. The minimum atomic E-state index is -0.0371. The van der Waals surface area contributed by atoms with Crippen LogP contribution >= 0.6 is 0 Å². The Kier molecular flexibility index (Phi) is 2.02. The zero-order valence-electron chi connectivity index (χ0n) is 7.16. The molecular weight excluding hydrogens is 166 g/mol. The van der Waals surface area contributed by atoms with Crippen LogP contribution in [0, 0.1) is 0 Å². The molecule has 1 heterocycles. The van der Waals surface area contributed by atoms with Crippen LogP contribution in [0.3, 0.4) is 0 Å². The van der Waals surface area contributed by atoms with Crippen molar-refractivity contribution in [2.24, 2.45) is 0 Å². The first kappa shape index (κ1) is 8.26. The van der Waals surface area contributed by atoms with E-state index in [1.165, 1.54) is 0 Å². The number of amides is 1. The number of para-hydroxylation sites is 1. The third kappa shape index (κ3) is 1.42. The molecule has 0 bridgehead atoms. The summed E-state index contributed by atoms with van der Waals surface area (Å²) in [6.07, 6.45) is 0.382. The van der Waals surface area contributed by atoms with Crippen LogP contribution in [0.2, 0.25) is 0 Å². The quantitative estimate of drug-likeness (QED) is 0.675. The van der Waals surface area contributed by atoms with E-state index in [-0.39, 0.29) is 18.4 Å². The summed E-state index contributed by atoms with van der Waals surface area (Å²) in [6, 6.07) is 7.59. The molecule has 0 aliphatic carbocycles. The van der Waals surface area contributed by atoms with E-state index in [9.17, 15) is 4.79 Å². The standard InChI is InChI=1S/C10H11NO2/c12-6-7-5-10(13)11-9-4-2-1-3-8(7)9/h1-4,7,12H,5-6H2,(H,11,13)/t7-/m0/s1. The highest BCUT2D eigenvalue weighted by molar-refractivity contribution is 5.94. The van der Waals surface area contributed by atoms with Crippen LogP contribution in [0.4, 0.5) is 5.69 Å². The van der Waals surface area contributed by atoms with Gasteiger partial charge < -0.3 is 10.4 Å². The highest BCUT2D eigenvalue weighted by Crippen LogP contribution is 2.30. The van der Waals surface area contributed by atoms with Gasteiger partial charge in [0.15, 0.2) is 0 Å². The van der Waals surface area contributed by atoms with Gasteiger partial charge in [0.2, 0.25) is 5.91 Å². The SMILES string of the molecule is O=C1C[C@@H](CO)c2ccccc2N1. The highest BCUT2D eigenvalue weighted by atomic mass is 16.3. The zero-order valence-corrected chi connectivity index (χ0v) is 7.16. The molecule has 0 saturated heterocycles. The van der Waals surface area contributed by atoms with Crippen molar-refractivity contribution < 1.29 is 9.90 Å². The number of benzene rings is 1. The van der Waals surface area contributed by atoms with Crippen molar-refractivity contribution in [3.8, 4) is 0 Å². The molecule has 1 aromatic rings. The van der Waals surface area contributed by atoms with Gasteiger partial charge in [-0.25, -0.2) is 0 Å². The van der Waals surface area contributed by atoms with Crippen molar-refractivity contribution in [1.82, 2.24) is 0 Å². The van der Waals surface area contributed by atoms with Gasteiger partial charge in [0.1, 0.15) is 0 Å². The van der Waals surface area contributed by atoms with Gasteiger partial charge in [0.25, 0.3) is 0 Å². The lowest BCUT2D eigenvalue weighted by molar-refractivity contribution is -0.117. The molecular formula is C10H11NO2. The molecule has 68 valence electrons. The minimum absolute atomic E-state index is 0.0160. The summed E-state index contributed by atoms with van der Waals surface area (Å²) in [4.78, 5) is 11.2. The van der Waals surface area contributed by atoms with E-state index in [1.807, 2.05) is 24.3 Å². The molecule has 0 saturated carbocycles. The Balaban J connectivity index is 2.42. The van der Waals surface area contributed by atoms with Crippen LogP contribution in [0.5, 0.6) is 0 Å². The first-order chi connectivity index (χ1) is 6.31. The number of anilines is 1. The number of carbonyl (C=O) groups is 1. The van der Waals surface area contributed by atoms with Gasteiger partial charge in [-0.1, -0.05) is 18.2 Å². The Morgan fingerprint density at radius 2 is 2.23 bits per heavy atom. The number of rotatable bonds is 1. The van der Waals surface area contributed by atoms with Crippen molar-refractivity contribution in [2.45, 2.75) is 12.3 Å². The predicted molar refractivity (Wildman–Crippen MR) is 49.5 cm³/mol. The molecule has 1 aromatic carbocycles. The third-order valence-corrected chi connectivity index (χ3v) is 2.33. The molecule has 0 spiro atoms. The van der Waals surface area contributed by atoms with E-state index in [1.54, 1.807) is 0 Å². The molecule has 0 fully saturated rings. The summed E-state index contributed by atoms with van der Waals surface area (Å²) >= 11 is 0. The van der Waals surface area contributed by atoms with Gasteiger partial charge in [-0.05, 0) is 11.6 Å². The van der Waals surface area contributed by atoms with E-state index < -0.39 is 0 Å². The number of carbonyl (C=O) groups excluding carboxylic acids is 1. The smallest absolute Gasteiger partial charge is 0.225 e. The topological polar surface area (TPSA) is 49.3 Å². The van der Waals surface area contributed by atoms with Crippen molar-refractivity contribution in [3.63, 3.8) is 0 Å². The molecule has 0 aromatic heterocycles. The van der Waals surface area contributed by atoms with E-state index in [0.29, 0.717) is 6.42 Å². The summed E-state index contributed by atoms with van der Waals surface area (Å²) in [5.41, 5.74) is 1.86. The normalized spacial score (nSPS) is 20.7. The van der Waals surface area contributed by atoms with Gasteiger partial charge in [-0.3, -0.25) is 4.79 Å². The molecule has 1 aliphatic rings. The third-order valence-electron chi connectivity index (χ3n) is 2.33. The maximum absolute atomic E-state index is 11.2. The second kappa shape index (κ2) is 3.18. The maximum atomic E-state index is 11.2. The van der Waals surface area contributed by atoms with E-state index in [4.69, 9.17) is 5.11 Å². The lowest BCUT2D eigenvalue weighted by Crippen LogP contribution is -2.24. The zero-order chi connectivity index (χ0) is 9.26. The lowest BCUT2D eigenvalue weighted by Gasteiger charge is -2.23. The fourth-order valence-corrected chi connectivity index (χ4v) is 1.66. The number of hydrogen-bond donors (Lipinski definition) is 2. The van der Waals surface area contributed by atoms with Crippen LogP contribution in [0.1, 0.15) is 17.9 Å². The van der Waals surface area contributed by atoms with Gasteiger partial charge in [0.05, 0.1) is 6.61 Å². The largest absolute Gasteiger partial charge is 0.396 e. The molecule has 1 atom stereocenters. The second-order valence-corrected chi connectivity index (χ2v) is 3.22. The average molecular weight is 177 g/mol. The Labute approximate surface area is 76.4 Å². The molecule has 1 aliphatic heterocycles. The van der Waals surface area contributed by atoms with Crippen molar-refractivity contribution in [3.05, 3.63) is 29.8 Å². The van der Waals surface area contributed by atoms with Crippen molar-refractivity contribution in [1.29, 1.82) is 0 Å². The second-order valence-electron chi connectivity index (χ2n) is 3.22. The molecule has 3 nitrogen and oxygen atoms in total. The van der Waals surface area contributed by atoms with Crippen molar-refractivity contribution in [2.75, 3.05) is 11.9 Å². The number of nitrogens with one attached hydrogen (secondary N) is 1. The van der Waals surface area contributed by atoms with E-state index >= 15 is 0 Å². The van der Waals surface area contributed by atoms with Crippen LogP contribution < -0.4 is 5.32 Å². The monoisotopic (exact) mass is 177 g/mol.